The van der Waals surface area contributed by atoms with Crippen molar-refractivity contribution in [3.63, 3.8) is 0 Å². The Hall–Kier alpha value is -0.630. The molecular formula is C8H11O3P. The smallest absolute Gasteiger partial charge is 0.321 e. The van der Waals surface area contributed by atoms with Crippen LogP contribution in [0, 0.1) is 6.92 Å². The normalized spacial score (nSPS) is 15.6. The van der Waals surface area contributed by atoms with Crippen molar-refractivity contribution in [3.05, 3.63) is 29.8 Å². The van der Waals surface area contributed by atoms with Crippen molar-refractivity contribution in [2.75, 3.05) is 7.11 Å². The van der Waals surface area contributed by atoms with E-state index in [1.54, 1.807) is 24.3 Å². The molecule has 4 heteroatoms. The summed E-state index contributed by atoms with van der Waals surface area (Å²) in [6, 6.07) is 6.74. The van der Waals surface area contributed by atoms with Crippen molar-refractivity contribution < 1.29 is 14.0 Å². The molecule has 0 bridgehead atoms. The number of hydrogen-bond acceptors (Lipinski definition) is 2. The van der Waals surface area contributed by atoms with Crippen molar-refractivity contribution in [1.29, 1.82) is 0 Å². The maximum atomic E-state index is 11.2. The molecule has 3 nitrogen and oxygen atoms in total. The van der Waals surface area contributed by atoms with Crippen molar-refractivity contribution in [2.45, 2.75) is 6.92 Å². The Morgan fingerprint density at radius 1 is 1.33 bits per heavy atom. The Balaban J connectivity index is 3.05. The Morgan fingerprint density at radius 3 is 2.25 bits per heavy atom. The SMILES string of the molecule is COP(=O)(O)c1ccc(C)cc1. The first kappa shape index (κ1) is 9.46. The standard InChI is InChI=1S/C8H11O3P/c1-7-3-5-8(6-4-7)12(9,10)11-2/h3-6H,1-2H3,(H,9,10). The van der Waals surface area contributed by atoms with Gasteiger partial charge in [-0.25, -0.2) is 0 Å². The van der Waals surface area contributed by atoms with Crippen LogP contribution in [0.4, 0.5) is 0 Å². The van der Waals surface area contributed by atoms with Crippen LogP contribution in [0.1, 0.15) is 5.56 Å². The molecule has 0 spiro atoms. The van der Waals surface area contributed by atoms with Crippen molar-refractivity contribution in [1.82, 2.24) is 0 Å². The van der Waals surface area contributed by atoms with E-state index in [9.17, 15) is 9.46 Å². The predicted molar refractivity (Wildman–Crippen MR) is 47.6 cm³/mol. The van der Waals surface area contributed by atoms with E-state index in [1.165, 1.54) is 7.11 Å². The quantitative estimate of drug-likeness (QED) is 0.711. The van der Waals surface area contributed by atoms with Crippen LogP contribution in [0.5, 0.6) is 0 Å². The molecule has 0 saturated carbocycles. The van der Waals surface area contributed by atoms with Crippen LogP contribution in [0.15, 0.2) is 24.3 Å². The maximum absolute atomic E-state index is 11.2. The van der Waals surface area contributed by atoms with Gasteiger partial charge in [-0.2, -0.15) is 0 Å². The van der Waals surface area contributed by atoms with E-state index in [-0.39, 0.29) is 0 Å². The highest BCUT2D eigenvalue weighted by Gasteiger charge is 2.19. The minimum Gasteiger partial charge on any atom is -0.321 e. The fourth-order valence-electron chi connectivity index (χ4n) is 0.839. The molecule has 0 aliphatic heterocycles. The summed E-state index contributed by atoms with van der Waals surface area (Å²) < 4.78 is 15.7. The Bertz CT molecular complexity index is 305. The number of aryl methyl sites for hydroxylation is 1. The second-order valence-electron chi connectivity index (χ2n) is 2.54. The minimum absolute atomic E-state index is 0.329. The van der Waals surface area contributed by atoms with E-state index in [0.717, 1.165) is 5.56 Å². The second-order valence-corrected chi connectivity index (χ2v) is 4.46. The van der Waals surface area contributed by atoms with Gasteiger partial charge in [0.2, 0.25) is 0 Å². The summed E-state index contributed by atoms with van der Waals surface area (Å²) in [6.07, 6.45) is 0. The zero-order valence-corrected chi connectivity index (χ0v) is 7.91. The van der Waals surface area contributed by atoms with E-state index >= 15 is 0 Å². The fourth-order valence-corrected chi connectivity index (χ4v) is 1.58. The van der Waals surface area contributed by atoms with Gasteiger partial charge in [0.05, 0.1) is 5.30 Å². The van der Waals surface area contributed by atoms with Gasteiger partial charge in [-0.15, -0.1) is 0 Å². The maximum Gasteiger partial charge on any atom is 0.358 e. The van der Waals surface area contributed by atoms with Gasteiger partial charge in [0, 0.05) is 7.11 Å². The summed E-state index contributed by atoms with van der Waals surface area (Å²) in [5.74, 6) is 0. The number of benzene rings is 1. The highest BCUT2D eigenvalue weighted by atomic mass is 31.2. The molecular weight excluding hydrogens is 175 g/mol. The van der Waals surface area contributed by atoms with E-state index in [1.807, 2.05) is 6.92 Å². The lowest BCUT2D eigenvalue weighted by molar-refractivity contribution is 0.328. The highest BCUT2D eigenvalue weighted by Crippen LogP contribution is 2.38. The molecule has 0 aliphatic carbocycles. The van der Waals surface area contributed by atoms with E-state index < -0.39 is 7.60 Å². The van der Waals surface area contributed by atoms with Crippen molar-refractivity contribution >= 4 is 12.9 Å². The summed E-state index contributed by atoms with van der Waals surface area (Å²) >= 11 is 0. The number of rotatable bonds is 2. The van der Waals surface area contributed by atoms with E-state index in [4.69, 9.17) is 0 Å². The van der Waals surface area contributed by atoms with Crippen LogP contribution in [-0.2, 0) is 9.09 Å². The molecule has 66 valence electrons. The van der Waals surface area contributed by atoms with Crippen molar-refractivity contribution in [3.8, 4) is 0 Å². The molecule has 0 aromatic heterocycles. The molecule has 0 amide bonds. The van der Waals surface area contributed by atoms with Crippen LogP contribution in [0.2, 0.25) is 0 Å². The van der Waals surface area contributed by atoms with Gasteiger partial charge in [0.15, 0.2) is 0 Å². The first-order chi connectivity index (χ1) is 5.56. The van der Waals surface area contributed by atoms with Gasteiger partial charge in [-0.1, -0.05) is 17.7 Å². The molecule has 0 saturated heterocycles. The lowest BCUT2D eigenvalue weighted by atomic mass is 10.2. The highest BCUT2D eigenvalue weighted by molar-refractivity contribution is 7.61. The fraction of sp³-hybridized carbons (Fsp3) is 0.250. The van der Waals surface area contributed by atoms with Gasteiger partial charge in [-0.05, 0) is 19.1 Å². The summed E-state index contributed by atoms with van der Waals surface area (Å²) in [5, 5.41) is 0.329. The van der Waals surface area contributed by atoms with Gasteiger partial charge < -0.3 is 9.42 Å². The lowest BCUT2D eigenvalue weighted by Gasteiger charge is -2.08. The average molecular weight is 186 g/mol. The molecule has 0 aliphatic rings. The zero-order chi connectivity index (χ0) is 9.19. The van der Waals surface area contributed by atoms with Gasteiger partial charge in [0.25, 0.3) is 0 Å². The molecule has 12 heavy (non-hydrogen) atoms. The summed E-state index contributed by atoms with van der Waals surface area (Å²) in [7, 11) is -2.32. The Labute approximate surface area is 71.5 Å². The van der Waals surface area contributed by atoms with E-state index in [0.29, 0.717) is 5.30 Å². The largest absolute Gasteiger partial charge is 0.358 e. The van der Waals surface area contributed by atoms with Gasteiger partial charge in [0.1, 0.15) is 0 Å². The summed E-state index contributed by atoms with van der Waals surface area (Å²) in [4.78, 5) is 9.22. The molecule has 1 aromatic carbocycles. The molecule has 0 heterocycles. The third-order valence-electron chi connectivity index (χ3n) is 1.61. The third-order valence-corrected chi connectivity index (χ3v) is 3.05. The molecule has 1 rings (SSSR count). The van der Waals surface area contributed by atoms with E-state index in [2.05, 4.69) is 4.52 Å². The first-order valence-corrected chi connectivity index (χ1v) is 5.10. The zero-order valence-electron chi connectivity index (χ0n) is 7.02. The van der Waals surface area contributed by atoms with Crippen LogP contribution < -0.4 is 5.30 Å². The molecule has 1 atom stereocenters. The average Bonchev–Trinajstić information content (AvgIpc) is 2.05. The number of hydrogen-bond donors (Lipinski definition) is 1. The van der Waals surface area contributed by atoms with Gasteiger partial charge >= 0.3 is 7.60 Å². The van der Waals surface area contributed by atoms with Crippen molar-refractivity contribution in [2.24, 2.45) is 0 Å². The van der Waals surface area contributed by atoms with Gasteiger partial charge in [-0.3, -0.25) is 4.57 Å². The summed E-state index contributed by atoms with van der Waals surface area (Å²) in [6.45, 7) is 1.92. The molecule has 1 N–H and O–H groups in total. The monoisotopic (exact) mass is 186 g/mol. The molecule has 0 radical (unpaired) electrons. The predicted octanol–water partition coefficient (Wildman–Crippen LogP) is 1.45. The first-order valence-electron chi connectivity index (χ1n) is 3.52. The second kappa shape index (κ2) is 3.40. The Morgan fingerprint density at radius 2 is 1.83 bits per heavy atom. The molecule has 0 fully saturated rings. The topological polar surface area (TPSA) is 46.5 Å². The van der Waals surface area contributed by atoms with Crippen LogP contribution in [-0.4, -0.2) is 12.0 Å². The van der Waals surface area contributed by atoms with Crippen LogP contribution in [0.25, 0.3) is 0 Å². The minimum atomic E-state index is -3.55. The Kier molecular flexibility index (Phi) is 2.68. The summed E-state index contributed by atoms with van der Waals surface area (Å²) in [5.41, 5.74) is 1.05. The molecule has 1 aromatic rings. The molecule has 1 unspecified atom stereocenters. The lowest BCUT2D eigenvalue weighted by Crippen LogP contribution is -2.04. The van der Waals surface area contributed by atoms with Crippen LogP contribution in [0.3, 0.4) is 0 Å². The third kappa shape index (κ3) is 1.95. The van der Waals surface area contributed by atoms with Crippen LogP contribution >= 0.6 is 7.60 Å².